The van der Waals surface area contributed by atoms with Crippen LogP contribution in [0.1, 0.15) is 13.8 Å². The molecule has 0 saturated carbocycles. The predicted molar refractivity (Wildman–Crippen MR) is 42.3 cm³/mol. The predicted octanol–water partition coefficient (Wildman–Crippen LogP) is 1.68. The Morgan fingerprint density at radius 2 is 2.33 bits per heavy atom. The first-order valence-corrected chi connectivity index (χ1v) is 2.98. The topological polar surface area (TPSA) is 24.7 Å². The van der Waals surface area contributed by atoms with Gasteiger partial charge in [-0.1, -0.05) is 6.58 Å². The number of hydrogen-bond donors (Lipinski definition) is 0. The Labute approximate surface area is 56.0 Å². The van der Waals surface area contributed by atoms with Gasteiger partial charge in [-0.05, 0) is 13.8 Å². The molecule has 0 bridgehead atoms. The molecule has 0 unspecified atom stereocenters. The van der Waals surface area contributed by atoms with Crippen molar-refractivity contribution in [2.24, 2.45) is 9.98 Å². The third kappa shape index (κ3) is 4.94. The first-order chi connectivity index (χ1) is 4.31. The van der Waals surface area contributed by atoms with Crippen LogP contribution in [0.5, 0.6) is 0 Å². The van der Waals surface area contributed by atoms with Crippen molar-refractivity contribution >= 4 is 12.4 Å². The molecule has 0 saturated heterocycles. The van der Waals surface area contributed by atoms with Gasteiger partial charge in [-0.3, -0.25) is 9.98 Å². The highest BCUT2D eigenvalue weighted by molar-refractivity contribution is 5.79. The van der Waals surface area contributed by atoms with E-state index in [0.717, 1.165) is 6.54 Å². The van der Waals surface area contributed by atoms with Crippen LogP contribution in [0.3, 0.4) is 0 Å². The fourth-order valence-corrected chi connectivity index (χ4v) is 0.396. The van der Waals surface area contributed by atoms with Crippen LogP contribution < -0.4 is 0 Å². The second kappa shape index (κ2) is 5.22. The van der Waals surface area contributed by atoms with Gasteiger partial charge in [0, 0.05) is 19.0 Å². The third-order valence-corrected chi connectivity index (χ3v) is 0.718. The van der Waals surface area contributed by atoms with Crippen LogP contribution >= 0.6 is 0 Å². The van der Waals surface area contributed by atoms with Crippen LogP contribution in [0.15, 0.2) is 22.3 Å². The van der Waals surface area contributed by atoms with E-state index in [1.54, 1.807) is 12.4 Å². The molecule has 0 aliphatic heterocycles. The van der Waals surface area contributed by atoms with Gasteiger partial charge in [-0.2, -0.15) is 0 Å². The molecular weight excluding hydrogens is 112 g/mol. The van der Waals surface area contributed by atoms with Gasteiger partial charge >= 0.3 is 0 Å². The summed E-state index contributed by atoms with van der Waals surface area (Å²) in [6, 6.07) is 0. The van der Waals surface area contributed by atoms with Gasteiger partial charge in [0.15, 0.2) is 0 Å². The second-order valence-corrected chi connectivity index (χ2v) is 1.51. The smallest absolute Gasteiger partial charge is 0.0732 e. The van der Waals surface area contributed by atoms with Crippen LogP contribution in [0.25, 0.3) is 0 Å². The molecule has 0 amide bonds. The molecule has 0 atom stereocenters. The fraction of sp³-hybridized carbons (Fsp3) is 0.429. The lowest BCUT2D eigenvalue weighted by molar-refractivity contribution is 1.14. The molecule has 0 aromatic rings. The standard InChI is InChI=1S/C7H12N2/c1-4-8-6-7(3)9-5-2/h5-6H,3-4H2,1-2H3. The second-order valence-electron chi connectivity index (χ2n) is 1.51. The van der Waals surface area contributed by atoms with Gasteiger partial charge in [-0.25, -0.2) is 0 Å². The largest absolute Gasteiger partial charge is 0.291 e. The van der Waals surface area contributed by atoms with Crippen molar-refractivity contribution in [3.8, 4) is 0 Å². The van der Waals surface area contributed by atoms with Crippen molar-refractivity contribution in [1.82, 2.24) is 0 Å². The zero-order valence-electron chi connectivity index (χ0n) is 5.96. The molecule has 0 spiro atoms. The zero-order chi connectivity index (χ0) is 7.11. The van der Waals surface area contributed by atoms with Crippen LogP contribution in [0, 0.1) is 0 Å². The first-order valence-electron chi connectivity index (χ1n) is 2.98. The Balaban J connectivity index is 3.63. The van der Waals surface area contributed by atoms with Crippen LogP contribution in [-0.4, -0.2) is 19.0 Å². The van der Waals surface area contributed by atoms with E-state index in [1.165, 1.54) is 0 Å². The molecule has 2 nitrogen and oxygen atoms in total. The average molecular weight is 124 g/mol. The highest BCUT2D eigenvalue weighted by atomic mass is 14.8. The molecule has 0 aliphatic carbocycles. The maximum Gasteiger partial charge on any atom is 0.0732 e. The van der Waals surface area contributed by atoms with Crippen LogP contribution in [0.2, 0.25) is 0 Å². The van der Waals surface area contributed by atoms with Crippen molar-refractivity contribution in [2.45, 2.75) is 13.8 Å². The number of rotatable bonds is 3. The quantitative estimate of drug-likeness (QED) is 0.511. The SMILES string of the molecule is C=C(C=NCC)N=CC. The molecule has 0 radical (unpaired) electrons. The van der Waals surface area contributed by atoms with Gasteiger partial charge in [0.05, 0.1) is 5.70 Å². The average Bonchev–Trinajstić information content (AvgIpc) is 1.85. The normalized spacial score (nSPS) is 11.3. The van der Waals surface area contributed by atoms with Crippen molar-refractivity contribution < 1.29 is 0 Å². The highest BCUT2D eigenvalue weighted by Gasteiger charge is 1.76. The molecule has 0 aromatic heterocycles. The maximum absolute atomic E-state index is 3.95. The Morgan fingerprint density at radius 3 is 2.78 bits per heavy atom. The summed E-state index contributed by atoms with van der Waals surface area (Å²) in [5.74, 6) is 0. The Bertz CT molecular complexity index is 134. The molecule has 0 fully saturated rings. The molecule has 0 rings (SSSR count). The number of hydrogen-bond acceptors (Lipinski definition) is 2. The summed E-state index contributed by atoms with van der Waals surface area (Å²) >= 11 is 0. The summed E-state index contributed by atoms with van der Waals surface area (Å²) in [6.45, 7) is 8.25. The highest BCUT2D eigenvalue weighted by Crippen LogP contribution is 1.84. The summed E-state index contributed by atoms with van der Waals surface area (Å²) in [7, 11) is 0. The van der Waals surface area contributed by atoms with Gasteiger partial charge in [-0.15, -0.1) is 0 Å². The number of allylic oxidation sites excluding steroid dienone is 1. The minimum absolute atomic E-state index is 0.708. The van der Waals surface area contributed by atoms with E-state index >= 15 is 0 Å². The fourth-order valence-electron chi connectivity index (χ4n) is 0.396. The Kier molecular flexibility index (Phi) is 4.69. The van der Waals surface area contributed by atoms with E-state index in [9.17, 15) is 0 Å². The molecule has 9 heavy (non-hydrogen) atoms. The first kappa shape index (κ1) is 8.08. The summed E-state index contributed by atoms with van der Waals surface area (Å²) in [4.78, 5) is 7.85. The number of nitrogens with zero attached hydrogens (tertiary/aromatic N) is 2. The minimum Gasteiger partial charge on any atom is -0.291 e. The van der Waals surface area contributed by atoms with Gasteiger partial charge < -0.3 is 0 Å². The molecule has 50 valence electrons. The van der Waals surface area contributed by atoms with Crippen molar-refractivity contribution in [1.29, 1.82) is 0 Å². The lowest BCUT2D eigenvalue weighted by Gasteiger charge is -1.84. The van der Waals surface area contributed by atoms with Gasteiger partial charge in [0.2, 0.25) is 0 Å². The lowest BCUT2D eigenvalue weighted by atomic mass is 10.5. The molecule has 0 N–H and O–H groups in total. The molecular formula is C7H12N2. The van der Waals surface area contributed by atoms with E-state index in [-0.39, 0.29) is 0 Å². The molecule has 0 aliphatic rings. The van der Waals surface area contributed by atoms with Gasteiger partial charge in [0.1, 0.15) is 0 Å². The van der Waals surface area contributed by atoms with E-state index in [1.807, 2.05) is 13.8 Å². The van der Waals surface area contributed by atoms with E-state index in [0.29, 0.717) is 5.70 Å². The maximum atomic E-state index is 3.95. The summed E-state index contributed by atoms with van der Waals surface area (Å²) < 4.78 is 0. The van der Waals surface area contributed by atoms with E-state index < -0.39 is 0 Å². The van der Waals surface area contributed by atoms with Gasteiger partial charge in [0.25, 0.3) is 0 Å². The summed E-state index contributed by atoms with van der Waals surface area (Å²) in [5, 5.41) is 0. The lowest BCUT2D eigenvalue weighted by Crippen LogP contribution is -1.78. The van der Waals surface area contributed by atoms with E-state index in [4.69, 9.17) is 0 Å². The third-order valence-electron chi connectivity index (χ3n) is 0.718. The van der Waals surface area contributed by atoms with Crippen LogP contribution in [0.4, 0.5) is 0 Å². The molecule has 0 aromatic carbocycles. The monoisotopic (exact) mass is 124 g/mol. The van der Waals surface area contributed by atoms with Crippen LogP contribution in [-0.2, 0) is 0 Å². The number of aliphatic imine (C=N–C) groups is 2. The van der Waals surface area contributed by atoms with Crippen molar-refractivity contribution in [2.75, 3.05) is 6.54 Å². The molecule has 0 heterocycles. The minimum atomic E-state index is 0.708. The van der Waals surface area contributed by atoms with Crippen molar-refractivity contribution in [3.63, 3.8) is 0 Å². The zero-order valence-corrected chi connectivity index (χ0v) is 5.96. The Morgan fingerprint density at radius 1 is 1.67 bits per heavy atom. The van der Waals surface area contributed by atoms with E-state index in [2.05, 4.69) is 16.6 Å². The summed E-state index contributed by atoms with van der Waals surface area (Å²) in [6.07, 6.45) is 3.37. The molecule has 2 heteroatoms. The summed E-state index contributed by atoms with van der Waals surface area (Å²) in [5.41, 5.74) is 0.708. The van der Waals surface area contributed by atoms with Crippen molar-refractivity contribution in [3.05, 3.63) is 12.3 Å². The Hall–Kier alpha value is -0.920.